The Kier molecular flexibility index (Phi) is 8.16. The Morgan fingerprint density at radius 1 is 1.41 bits per heavy atom. The molecule has 0 aromatic rings. The number of ether oxygens (including phenoxy) is 1. The molecule has 17 heavy (non-hydrogen) atoms. The molecule has 0 spiro atoms. The van der Waals surface area contributed by atoms with Crippen LogP contribution >= 0.6 is 0 Å². The molecular weight excluding hydrogens is 238 g/mol. The number of hydrogen-bond donors (Lipinski definition) is 3. The number of aliphatic carboxylic acids is 1. The van der Waals surface area contributed by atoms with Crippen LogP contribution in [0.3, 0.4) is 0 Å². The topological polar surface area (TPSA) is 102 Å². The zero-order chi connectivity index (χ0) is 13.3. The van der Waals surface area contributed by atoms with Gasteiger partial charge < -0.3 is 20.9 Å². The molecule has 0 aliphatic rings. The molecule has 1 atom stereocenters. The zero-order valence-electron chi connectivity index (χ0n) is 9.20. The quantitative estimate of drug-likeness (QED) is 0.485. The molecule has 0 bridgehead atoms. The van der Waals surface area contributed by atoms with Gasteiger partial charge in [-0.05, 0) is 6.42 Å². The molecule has 0 aromatic carbocycles. The van der Waals surface area contributed by atoms with Crippen molar-refractivity contribution in [1.82, 2.24) is 5.32 Å². The van der Waals surface area contributed by atoms with Crippen LogP contribution in [-0.4, -0.2) is 49.2 Å². The molecule has 1 amide bonds. The number of amides is 1. The van der Waals surface area contributed by atoms with Crippen LogP contribution in [0.4, 0.5) is 8.78 Å². The molecule has 0 saturated heterocycles. The third kappa shape index (κ3) is 9.64. The Hall–Kier alpha value is -1.28. The summed E-state index contributed by atoms with van der Waals surface area (Å²) in [5.74, 6) is -1.56. The summed E-state index contributed by atoms with van der Waals surface area (Å²) in [7, 11) is 0. The van der Waals surface area contributed by atoms with Crippen molar-refractivity contribution in [3.8, 4) is 0 Å². The maximum atomic E-state index is 11.6. The van der Waals surface area contributed by atoms with Crippen molar-refractivity contribution in [1.29, 1.82) is 0 Å². The first-order valence-corrected chi connectivity index (χ1v) is 5.04. The highest BCUT2D eigenvalue weighted by atomic mass is 19.3. The number of rotatable bonds is 9. The Balaban J connectivity index is 3.53. The Morgan fingerprint density at radius 2 is 2.06 bits per heavy atom. The minimum Gasteiger partial charge on any atom is -0.481 e. The van der Waals surface area contributed by atoms with E-state index in [1.807, 2.05) is 0 Å². The van der Waals surface area contributed by atoms with Gasteiger partial charge in [-0.3, -0.25) is 9.59 Å². The van der Waals surface area contributed by atoms with Crippen LogP contribution in [-0.2, 0) is 14.3 Å². The minimum atomic E-state index is -2.54. The molecule has 0 rings (SSSR count). The Labute approximate surface area is 97.1 Å². The summed E-state index contributed by atoms with van der Waals surface area (Å²) in [4.78, 5) is 21.4. The predicted molar refractivity (Wildman–Crippen MR) is 54.7 cm³/mol. The molecule has 0 heterocycles. The standard InChI is InChI=1S/C9H16F2N2O4/c10-7(11)5-17-4-3-13-9(16)6(12)1-2-8(14)15/h6-7H,1-5,12H2,(H,13,16)(H,14,15). The first kappa shape index (κ1) is 15.7. The molecule has 0 aliphatic heterocycles. The number of alkyl halides is 2. The average Bonchev–Trinajstić information content (AvgIpc) is 2.24. The first-order valence-electron chi connectivity index (χ1n) is 5.04. The van der Waals surface area contributed by atoms with Crippen LogP contribution in [0.2, 0.25) is 0 Å². The van der Waals surface area contributed by atoms with Gasteiger partial charge in [0.15, 0.2) is 0 Å². The summed E-state index contributed by atoms with van der Waals surface area (Å²) in [6.07, 6.45) is -2.71. The number of carboxylic acids is 1. The van der Waals surface area contributed by atoms with Gasteiger partial charge in [0.1, 0.15) is 6.61 Å². The van der Waals surface area contributed by atoms with Gasteiger partial charge in [0.25, 0.3) is 6.43 Å². The van der Waals surface area contributed by atoms with Gasteiger partial charge in [-0.15, -0.1) is 0 Å². The molecule has 8 heteroatoms. The van der Waals surface area contributed by atoms with Gasteiger partial charge in [-0.25, -0.2) is 8.78 Å². The molecule has 1 unspecified atom stereocenters. The summed E-state index contributed by atoms with van der Waals surface area (Å²) in [5, 5.41) is 10.7. The van der Waals surface area contributed by atoms with Crippen LogP contribution in [0.1, 0.15) is 12.8 Å². The predicted octanol–water partition coefficient (Wildman–Crippen LogP) is -0.424. The maximum Gasteiger partial charge on any atom is 0.303 e. The summed E-state index contributed by atoms with van der Waals surface area (Å²) in [5.41, 5.74) is 5.39. The molecular formula is C9H16F2N2O4. The second-order valence-electron chi connectivity index (χ2n) is 3.30. The lowest BCUT2D eigenvalue weighted by Crippen LogP contribution is -2.42. The van der Waals surface area contributed by atoms with Gasteiger partial charge in [-0.2, -0.15) is 0 Å². The van der Waals surface area contributed by atoms with E-state index in [-0.39, 0.29) is 26.0 Å². The third-order valence-corrected chi connectivity index (χ3v) is 1.80. The summed E-state index contributed by atoms with van der Waals surface area (Å²) in [6.45, 7) is -0.658. The summed E-state index contributed by atoms with van der Waals surface area (Å²) in [6, 6.07) is -0.916. The van der Waals surface area contributed by atoms with Crippen LogP contribution in [0.5, 0.6) is 0 Å². The summed E-state index contributed by atoms with van der Waals surface area (Å²) >= 11 is 0. The third-order valence-electron chi connectivity index (χ3n) is 1.80. The fourth-order valence-corrected chi connectivity index (χ4v) is 0.960. The van der Waals surface area contributed by atoms with Crippen molar-refractivity contribution in [2.45, 2.75) is 25.3 Å². The Bertz CT molecular complexity index is 251. The van der Waals surface area contributed by atoms with Gasteiger partial charge >= 0.3 is 5.97 Å². The minimum absolute atomic E-state index is 0.0268. The van der Waals surface area contributed by atoms with E-state index in [4.69, 9.17) is 10.8 Å². The smallest absolute Gasteiger partial charge is 0.303 e. The van der Waals surface area contributed by atoms with Crippen molar-refractivity contribution in [3.05, 3.63) is 0 Å². The second kappa shape index (κ2) is 8.82. The SMILES string of the molecule is NC(CCC(=O)O)C(=O)NCCOCC(F)F. The number of carboxylic acid groups (broad SMARTS) is 1. The molecule has 0 radical (unpaired) electrons. The van der Waals surface area contributed by atoms with E-state index < -0.39 is 31.0 Å². The van der Waals surface area contributed by atoms with Crippen molar-refractivity contribution >= 4 is 11.9 Å². The highest BCUT2D eigenvalue weighted by Gasteiger charge is 2.14. The maximum absolute atomic E-state index is 11.6. The highest BCUT2D eigenvalue weighted by molar-refractivity contribution is 5.82. The van der Waals surface area contributed by atoms with E-state index in [1.54, 1.807) is 0 Å². The number of nitrogens with one attached hydrogen (secondary N) is 1. The fraction of sp³-hybridized carbons (Fsp3) is 0.778. The van der Waals surface area contributed by atoms with E-state index in [0.29, 0.717) is 0 Å². The monoisotopic (exact) mass is 254 g/mol. The molecule has 0 fully saturated rings. The van der Waals surface area contributed by atoms with Crippen molar-refractivity contribution in [3.63, 3.8) is 0 Å². The molecule has 0 aliphatic carbocycles. The number of carbonyl (C=O) groups excluding carboxylic acids is 1. The van der Waals surface area contributed by atoms with Crippen molar-refractivity contribution in [2.75, 3.05) is 19.8 Å². The van der Waals surface area contributed by atoms with Gasteiger partial charge in [0.05, 0.1) is 12.6 Å². The molecule has 0 aromatic heterocycles. The van der Waals surface area contributed by atoms with Gasteiger partial charge in [0, 0.05) is 13.0 Å². The number of halogens is 2. The second-order valence-corrected chi connectivity index (χ2v) is 3.30. The fourth-order valence-electron chi connectivity index (χ4n) is 0.960. The lowest BCUT2D eigenvalue weighted by atomic mass is 10.1. The average molecular weight is 254 g/mol. The van der Waals surface area contributed by atoms with Gasteiger partial charge in [-0.1, -0.05) is 0 Å². The van der Waals surface area contributed by atoms with Crippen LogP contribution in [0.15, 0.2) is 0 Å². The lowest BCUT2D eigenvalue weighted by molar-refractivity contribution is -0.137. The first-order chi connectivity index (χ1) is 7.93. The van der Waals surface area contributed by atoms with Crippen molar-refractivity contribution < 1.29 is 28.2 Å². The normalized spacial score (nSPS) is 12.5. The van der Waals surface area contributed by atoms with E-state index in [1.165, 1.54) is 0 Å². The lowest BCUT2D eigenvalue weighted by Gasteiger charge is -2.11. The van der Waals surface area contributed by atoms with E-state index in [0.717, 1.165) is 0 Å². The number of hydrogen-bond acceptors (Lipinski definition) is 4. The van der Waals surface area contributed by atoms with Crippen LogP contribution in [0.25, 0.3) is 0 Å². The zero-order valence-corrected chi connectivity index (χ0v) is 9.20. The van der Waals surface area contributed by atoms with Crippen LogP contribution in [0, 0.1) is 0 Å². The molecule has 4 N–H and O–H groups in total. The molecule has 0 saturated carbocycles. The van der Waals surface area contributed by atoms with E-state index in [9.17, 15) is 18.4 Å². The molecule has 6 nitrogen and oxygen atoms in total. The highest BCUT2D eigenvalue weighted by Crippen LogP contribution is 1.95. The largest absolute Gasteiger partial charge is 0.481 e. The van der Waals surface area contributed by atoms with Crippen molar-refractivity contribution in [2.24, 2.45) is 5.73 Å². The van der Waals surface area contributed by atoms with E-state index in [2.05, 4.69) is 10.1 Å². The molecule has 100 valence electrons. The summed E-state index contributed by atoms with van der Waals surface area (Å²) < 4.78 is 27.8. The number of nitrogens with two attached hydrogens (primary N) is 1. The van der Waals surface area contributed by atoms with Crippen LogP contribution < -0.4 is 11.1 Å². The van der Waals surface area contributed by atoms with E-state index >= 15 is 0 Å². The number of carbonyl (C=O) groups is 2. The van der Waals surface area contributed by atoms with Gasteiger partial charge in [0.2, 0.25) is 5.91 Å². The Morgan fingerprint density at radius 3 is 2.59 bits per heavy atom.